The van der Waals surface area contributed by atoms with E-state index >= 15 is 0 Å². The summed E-state index contributed by atoms with van der Waals surface area (Å²) >= 11 is 13.6. The fraction of sp³-hybridized carbons (Fsp3) is 0.500. The van der Waals surface area contributed by atoms with Gasteiger partial charge in [0, 0.05) is 24.3 Å². The molecule has 0 saturated carbocycles. The minimum Gasteiger partial charge on any atom is -0.286 e. The lowest BCUT2D eigenvalue weighted by Gasteiger charge is -2.03. The first-order chi connectivity index (χ1) is 12.4. The third-order valence-electron chi connectivity index (χ3n) is 3.75. The molecule has 0 unspecified atom stereocenters. The molecule has 1 heterocycles. The maximum absolute atomic E-state index is 11.0. The van der Waals surface area contributed by atoms with Gasteiger partial charge in [-0.15, -0.1) is 0 Å². The van der Waals surface area contributed by atoms with Crippen LogP contribution in [0.1, 0.15) is 12.8 Å². The SMILES string of the molecule is C[n+]1c(SCCCS(=O)(=O)O)n(CCCS(=O)(=O)O)c2cc(Cl)c(Cl)cc21. The standard InChI is InChI=1S/C14H18Cl2N2O6S3/c1-17-12-8-10(15)11(16)9-13(12)18(4-2-6-26(19,20)21)14(17)25-5-3-7-27(22,23)24/h8-9H,2-7H2,1H3,(H-,19,20,21,22,23,24)/p+1. The third kappa shape index (κ3) is 6.48. The van der Waals surface area contributed by atoms with Crippen LogP contribution < -0.4 is 4.57 Å². The molecule has 0 atom stereocenters. The van der Waals surface area contributed by atoms with Crippen LogP contribution in [0.5, 0.6) is 0 Å². The first kappa shape index (κ1) is 22.7. The van der Waals surface area contributed by atoms with Crippen LogP contribution in [-0.2, 0) is 33.8 Å². The predicted octanol–water partition coefficient (Wildman–Crippen LogP) is 2.42. The summed E-state index contributed by atoms with van der Waals surface area (Å²) in [5.74, 6) is -0.307. The zero-order chi connectivity index (χ0) is 20.4. The largest absolute Gasteiger partial charge is 0.318 e. The monoisotopic (exact) mass is 477 g/mol. The molecule has 0 bridgehead atoms. The highest BCUT2D eigenvalue weighted by Crippen LogP contribution is 2.30. The smallest absolute Gasteiger partial charge is 0.286 e. The van der Waals surface area contributed by atoms with Gasteiger partial charge in [0.2, 0.25) is 0 Å². The highest BCUT2D eigenvalue weighted by Gasteiger charge is 2.25. The maximum atomic E-state index is 11.0. The van der Waals surface area contributed by atoms with Crippen molar-refractivity contribution in [1.29, 1.82) is 0 Å². The molecule has 2 rings (SSSR count). The van der Waals surface area contributed by atoms with E-state index in [1.165, 1.54) is 11.8 Å². The second kappa shape index (κ2) is 8.85. The molecule has 0 saturated heterocycles. The molecule has 0 aliphatic heterocycles. The van der Waals surface area contributed by atoms with Gasteiger partial charge in [0.05, 0.1) is 35.1 Å². The van der Waals surface area contributed by atoms with Crippen molar-refractivity contribution < 1.29 is 30.5 Å². The van der Waals surface area contributed by atoms with Crippen LogP contribution in [0.15, 0.2) is 17.3 Å². The van der Waals surface area contributed by atoms with Crippen molar-refractivity contribution in [3.63, 3.8) is 0 Å². The number of benzene rings is 1. The molecule has 2 aromatic rings. The Balaban J connectivity index is 2.34. The Morgan fingerprint density at radius 1 is 1.04 bits per heavy atom. The van der Waals surface area contributed by atoms with Crippen LogP contribution in [0.2, 0.25) is 10.0 Å². The van der Waals surface area contributed by atoms with Gasteiger partial charge < -0.3 is 0 Å². The van der Waals surface area contributed by atoms with E-state index in [0.29, 0.717) is 22.3 Å². The maximum Gasteiger partial charge on any atom is 0.318 e. The summed E-state index contributed by atoms with van der Waals surface area (Å²) in [6.07, 6.45) is 0.430. The molecule has 0 fully saturated rings. The van der Waals surface area contributed by atoms with Crippen LogP contribution in [-0.4, -0.2) is 47.8 Å². The summed E-state index contributed by atoms with van der Waals surface area (Å²) in [7, 11) is -6.29. The molecular formula is C14H19Cl2N2O6S3+. The van der Waals surface area contributed by atoms with E-state index in [4.69, 9.17) is 32.3 Å². The number of halogens is 2. The zero-order valence-corrected chi connectivity index (χ0v) is 18.3. The summed E-state index contributed by atoms with van der Waals surface area (Å²) in [5.41, 5.74) is 1.51. The predicted molar refractivity (Wildman–Crippen MR) is 106 cm³/mol. The van der Waals surface area contributed by atoms with E-state index in [1.807, 2.05) is 9.13 Å². The summed E-state index contributed by atoms with van der Waals surface area (Å²) < 4.78 is 65.2. The van der Waals surface area contributed by atoms with Crippen molar-refractivity contribution in [1.82, 2.24) is 4.57 Å². The number of fused-ring (bicyclic) bond motifs is 1. The van der Waals surface area contributed by atoms with Crippen LogP contribution in [0, 0.1) is 0 Å². The van der Waals surface area contributed by atoms with Gasteiger partial charge >= 0.3 is 5.16 Å². The second-order valence-corrected chi connectivity index (χ2v) is 10.9. The first-order valence-electron chi connectivity index (χ1n) is 7.79. The summed E-state index contributed by atoms with van der Waals surface area (Å²) in [4.78, 5) is 0. The second-order valence-electron chi connectivity index (χ2n) is 5.88. The van der Waals surface area contributed by atoms with Crippen molar-refractivity contribution >= 4 is 66.2 Å². The number of imidazole rings is 1. The highest BCUT2D eigenvalue weighted by atomic mass is 35.5. The van der Waals surface area contributed by atoms with Crippen molar-refractivity contribution in [2.75, 3.05) is 17.3 Å². The van der Waals surface area contributed by atoms with Gasteiger partial charge in [-0.25, -0.2) is 9.13 Å². The number of rotatable bonds is 9. The van der Waals surface area contributed by atoms with Gasteiger partial charge in [0.1, 0.15) is 0 Å². The van der Waals surface area contributed by atoms with Gasteiger partial charge in [0.25, 0.3) is 20.2 Å². The average Bonchev–Trinajstić information content (AvgIpc) is 2.75. The number of thioether (sulfide) groups is 1. The molecule has 2 N–H and O–H groups in total. The molecule has 27 heavy (non-hydrogen) atoms. The van der Waals surface area contributed by atoms with E-state index in [1.54, 1.807) is 19.2 Å². The lowest BCUT2D eigenvalue weighted by Crippen LogP contribution is -2.30. The van der Waals surface area contributed by atoms with Gasteiger partial charge in [-0.05, 0) is 18.2 Å². The lowest BCUT2D eigenvalue weighted by molar-refractivity contribution is -0.685. The van der Waals surface area contributed by atoms with Gasteiger partial charge in [-0.2, -0.15) is 16.8 Å². The van der Waals surface area contributed by atoms with Crippen LogP contribution >= 0.6 is 35.0 Å². The number of hydrogen-bond acceptors (Lipinski definition) is 5. The highest BCUT2D eigenvalue weighted by molar-refractivity contribution is 7.99. The number of nitrogens with zero attached hydrogens (tertiary/aromatic N) is 2. The number of hydrogen-bond donors (Lipinski definition) is 2. The third-order valence-corrected chi connectivity index (χ3v) is 7.33. The number of aromatic nitrogens is 2. The molecular weight excluding hydrogens is 459 g/mol. The molecule has 0 amide bonds. The summed E-state index contributed by atoms with van der Waals surface area (Å²) in [5, 5.41) is 1.47. The van der Waals surface area contributed by atoms with Crippen molar-refractivity contribution in [3.05, 3.63) is 22.2 Å². The Bertz CT molecular complexity index is 1050. The Morgan fingerprint density at radius 2 is 1.59 bits per heavy atom. The van der Waals surface area contributed by atoms with E-state index in [9.17, 15) is 16.8 Å². The van der Waals surface area contributed by atoms with Gasteiger partial charge in [-0.3, -0.25) is 9.11 Å². The molecule has 13 heteroatoms. The van der Waals surface area contributed by atoms with E-state index in [2.05, 4.69) is 0 Å². The zero-order valence-electron chi connectivity index (χ0n) is 14.3. The summed E-state index contributed by atoms with van der Waals surface area (Å²) in [6.45, 7) is 0.301. The molecule has 0 spiro atoms. The topological polar surface area (TPSA) is 118 Å². The van der Waals surface area contributed by atoms with Crippen molar-refractivity contribution in [2.45, 2.75) is 24.5 Å². The molecule has 152 valence electrons. The Hall–Kier alpha value is -0.560. The Morgan fingerprint density at radius 3 is 2.19 bits per heavy atom. The fourth-order valence-electron chi connectivity index (χ4n) is 2.60. The van der Waals surface area contributed by atoms with E-state index < -0.39 is 20.2 Å². The van der Waals surface area contributed by atoms with E-state index in [0.717, 1.165) is 16.2 Å². The Kier molecular flexibility index (Phi) is 7.45. The quantitative estimate of drug-likeness (QED) is 0.246. The molecule has 1 aromatic carbocycles. The normalized spacial score (nSPS) is 12.8. The van der Waals surface area contributed by atoms with Gasteiger partial charge in [-0.1, -0.05) is 23.2 Å². The fourth-order valence-corrected chi connectivity index (χ4v) is 5.21. The molecule has 0 radical (unpaired) electrons. The average molecular weight is 478 g/mol. The van der Waals surface area contributed by atoms with Crippen LogP contribution in [0.4, 0.5) is 0 Å². The van der Waals surface area contributed by atoms with Crippen LogP contribution in [0.25, 0.3) is 11.0 Å². The minimum absolute atomic E-state index is 0.182. The minimum atomic E-state index is -4.07. The van der Waals surface area contributed by atoms with Crippen molar-refractivity contribution in [3.8, 4) is 0 Å². The molecule has 0 aliphatic rings. The number of aryl methyl sites for hydroxylation is 2. The summed E-state index contributed by atoms with van der Waals surface area (Å²) in [6, 6.07) is 3.37. The van der Waals surface area contributed by atoms with Crippen molar-refractivity contribution in [2.24, 2.45) is 7.05 Å². The Labute approximate surface area is 172 Å². The lowest BCUT2D eigenvalue weighted by atomic mass is 10.3. The van der Waals surface area contributed by atoms with E-state index in [-0.39, 0.29) is 24.3 Å². The first-order valence-corrected chi connectivity index (χ1v) is 12.8. The molecule has 1 aromatic heterocycles. The molecule has 0 aliphatic carbocycles. The van der Waals surface area contributed by atoms with Gasteiger partial charge in [0.15, 0.2) is 11.0 Å². The van der Waals surface area contributed by atoms with Crippen LogP contribution in [0.3, 0.4) is 0 Å². The molecule has 8 nitrogen and oxygen atoms in total.